The summed E-state index contributed by atoms with van der Waals surface area (Å²) in [6, 6.07) is 4.13. The van der Waals surface area contributed by atoms with E-state index in [-0.39, 0.29) is 35.8 Å². The van der Waals surface area contributed by atoms with Gasteiger partial charge >= 0.3 is 0 Å². The molecule has 0 radical (unpaired) electrons. The Morgan fingerprint density at radius 2 is 1.92 bits per heavy atom. The van der Waals surface area contributed by atoms with Gasteiger partial charge in [0.25, 0.3) is 0 Å². The normalized spacial score (nSPS) is 25.0. The highest BCUT2D eigenvalue weighted by atomic mass is 35.5. The van der Waals surface area contributed by atoms with Crippen LogP contribution in [0.25, 0.3) is 0 Å². The number of aliphatic hydroxyl groups excluding tert-OH is 1. The molecule has 0 spiro atoms. The van der Waals surface area contributed by atoms with Crippen LogP contribution in [0.15, 0.2) is 18.2 Å². The number of hydrogen-bond donors (Lipinski definition) is 1. The summed E-state index contributed by atoms with van der Waals surface area (Å²) in [5, 5.41) is 10.0. The molecule has 2 aliphatic rings. The first kappa shape index (κ1) is 19.5. The van der Waals surface area contributed by atoms with Gasteiger partial charge in [0, 0.05) is 63.4 Å². The van der Waals surface area contributed by atoms with E-state index in [1.807, 2.05) is 4.90 Å². The van der Waals surface area contributed by atoms with E-state index in [2.05, 4.69) is 16.8 Å². The number of piperazine rings is 1. The van der Waals surface area contributed by atoms with E-state index in [0.717, 1.165) is 32.7 Å². The maximum Gasteiger partial charge on any atom is 0.227 e. The van der Waals surface area contributed by atoms with E-state index in [9.17, 15) is 14.3 Å². The van der Waals surface area contributed by atoms with E-state index in [4.69, 9.17) is 11.6 Å². The summed E-state index contributed by atoms with van der Waals surface area (Å²) >= 11 is 6.04. The second-order valence-corrected chi connectivity index (χ2v) is 7.93. The first-order valence-electron chi connectivity index (χ1n) is 9.19. The fourth-order valence-electron chi connectivity index (χ4n) is 3.86. The van der Waals surface area contributed by atoms with Crippen molar-refractivity contribution in [2.45, 2.75) is 6.42 Å². The van der Waals surface area contributed by atoms with Crippen LogP contribution >= 0.6 is 11.6 Å². The van der Waals surface area contributed by atoms with Gasteiger partial charge in [0.2, 0.25) is 5.91 Å². The molecule has 3 rings (SSSR count). The van der Waals surface area contributed by atoms with Crippen molar-refractivity contribution in [3.63, 3.8) is 0 Å². The number of aliphatic hydroxyl groups is 1. The van der Waals surface area contributed by atoms with Crippen LogP contribution in [0.3, 0.4) is 0 Å². The summed E-state index contributed by atoms with van der Waals surface area (Å²) in [6.07, 6.45) is 0.165. The molecule has 7 heteroatoms. The minimum Gasteiger partial charge on any atom is -0.396 e. The topological polar surface area (TPSA) is 47.0 Å². The lowest BCUT2D eigenvalue weighted by atomic mass is 9.96. The second kappa shape index (κ2) is 8.65. The third-order valence-electron chi connectivity index (χ3n) is 5.61. The average molecular weight is 384 g/mol. The van der Waals surface area contributed by atoms with Crippen LogP contribution in [0, 0.1) is 17.7 Å². The zero-order chi connectivity index (χ0) is 18.7. The second-order valence-electron chi connectivity index (χ2n) is 7.52. The maximum absolute atomic E-state index is 13.2. The quantitative estimate of drug-likeness (QED) is 0.833. The molecule has 2 atom stereocenters. The van der Waals surface area contributed by atoms with E-state index < -0.39 is 5.82 Å². The Kier molecular flexibility index (Phi) is 6.51. The number of benzene rings is 1. The predicted octanol–water partition coefficient (Wildman–Crippen LogP) is 1.34. The molecule has 2 heterocycles. The maximum atomic E-state index is 13.2. The van der Waals surface area contributed by atoms with Crippen LogP contribution in [0.2, 0.25) is 5.02 Å². The number of hydrogen-bond acceptors (Lipinski definition) is 4. The molecule has 26 heavy (non-hydrogen) atoms. The minimum absolute atomic E-state index is 0.0159. The van der Waals surface area contributed by atoms with Gasteiger partial charge in [-0.3, -0.25) is 4.79 Å². The summed E-state index contributed by atoms with van der Waals surface area (Å²) in [7, 11) is 2.13. The van der Waals surface area contributed by atoms with Crippen molar-refractivity contribution in [1.82, 2.24) is 14.7 Å². The molecular formula is C19H27ClFN3O2. The number of carbonyl (C=O) groups is 1. The number of rotatable bonds is 5. The Balaban J connectivity index is 1.58. The predicted molar refractivity (Wildman–Crippen MR) is 99.7 cm³/mol. The van der Waals surface area contributed by atoms with Gasteiger partial charge in [-0.2, -0.15) is 0 Å². The standard InChI is InChI=1S/C19H27ClFN3O2/c1-22-4-6-23(7-5-22)10-15-11-24(12-16(15)13-25)19(26)8-14-2-3-17(21)9-18(14)20/h2-3,9,15-16,25H,4-8,10-13H2,1H3. The fraction of sp³-hybridized carbons (Fsp3) is 0.632. The summed E-state index contributed by atoms with van der Waals surface area (Å²) < 4.78 is 13.2. The zero-order valence-corrected chi connectivity index (χ0v) is 16.0. The van der Waals surface area contributed by atoms with Crippen molar-refractivity contribution in [3.05, 3.63) is 34.6 Å². The lowest BCUT2D eigenvalue weighted by molar-refractivity contribution is -0.129. The van der Waals surface area contributed by atoms with Crippen LogP contribution in [0.4, 0.5) is 4.39 Å². The Hall–Kier alpha value is -1.21. The van der Waals surface area contributed by atoms with Crippen molar-refractivity contribution >= 4 is 17.5 Å². The first-order valence-corrected chi connectivity index (χ1v) is 9.57. The molecule has 1 N–H and O–H groups in total. The first-order chi connectivity index (χ1) is 12.5. The van der Waals surface area contributed by atoms with Gasteiger partial charge in [-0.1, -0.05) is 17.7 Å². The number of amides is 1. The molecule has 2 saturated heterocycles. The molecule has 0 aromatic heterocycles. The molecule has 144 valence electrons. The van der Waals surface area contributed by atoms with Crippen molar-refractivity contribution in [2.24, 2.45) is 11.8 Å². The molecule has 2 fully saturated rings. The molecule has 0 saturated carbocycles. The van der Waals surface area contributed by atoms with Gasteiger partial charge in [0.1, 0.15) is 5.82 Å². The minimum atomic E-state index is -0.403. The van der Waals surface area contributed by atoms with Gasteiger partial charge in [0.05, 0.1) is 6.42 Å². The number of nitrogens with zero attached hydrogens (tertiary/aromatic N) is 3. The van der Waals surface area contributed by atoms with Crippen molar-refractivity contribution in [2.75, 3.05) is 59.5 Å². The summed E-state index contributed by atoms with van der Waals surface area (Å²) in [6.45, 7) is 6.43. The van der Waals surface area contributed by atoms with Gasteiger partial charge < -0.3 is 19.8 Å². The molecular weight excluding hydrogens is 357 g/mol. The fourth-order valence-corrected chi connectivity index (χ4v) is 4.09. The van der Waals surface area contributed by atoms with Gasteiger partial charge in [-0.25, -0.2) is 4.39 Å². The Morgan fingerprint density at radius 3 is 2.58 bits per heavy atom. The third kappa shape index (κ3) is 4.74. The average Bonchev–Trinajstić information content (AvgIpc) is 3.02. The smallest absolute Gasteiger partial charge is 0.227 e. The van der Waals surface area contributed by atoms with Crippen LogP contribution < -0.4 is 0 Å². The Labute approximate surface area is 159 Å². The summed E-state index contributed by atoms with van der Waals surface area (Å²) in [4.78, 5) is 19.2. The van der Waals surface area contributed by atoms with Crippen LogP contribution in [-0.2, 0) is 11.2 Å². The largest absolute Gasteiger partial charge is 0.396 e. The highest BCUT2D eigenvalue weighted by Gasteiger charge is 2.36. The molecule has 0 aliphatic carbocycles. The van der Waals surface area contributed by atoms with Crippen molar-refractivity contribution in [1.29, 1.82) is 0 Å². The van der Waals surface area contributed by atoms with Crippen molar-refractivity contribution in [3.8, 4) is 0 Å². The number of carbonyl (C=O) groups excluding carboxylic acids is 1. The SMILES string of the molecule is CN1CCN(CC2CN(C(=O)Cc3ccc(F)cc3Cl)CC2CO)CC1. The highest BCUT2D eigenvalue weighted by molar-refractivity contribution is 6.31. The monoisotopic (exact) mass is 383 g/mol. The Morgan fingerprint density at radius 1 is 1.23 bits per heavy atom. The van der Waals surface area contributed by atoms with E-state index in [1.165, 1.54) is 12.1 Å². The van der Waals surface area contributed by atoms with Crippen molar-refractivity contribution < 1.29 is 14.3 Å². The molecule has 1 aromatic carbocycles. The van der Waals surface area contributed by atoms with Gasteiger partial charge in [-0.15, -0.1) is 0 Å². The van der Waals surface area contributed by atoms with Crippen LogP contribution in [-0.4, -0.2) is 85.2 Å². The highest BCUT2D eigenvalue weighted by Crippen LogP contribution is 2.26. The number of likely N-dealkylation sites (tertiary alicyclic amines) is 1. The third-order valence-corrected chi connectivity index (χ3v) is 5.96. The molecule has 2 aliphatic heterocycles. The van der Waals surface area contributed by atoms with E-state index in [0.29, 0.717) is 18.7 Å². The molecule has 5 nitrogen and oxygen atoms in total. The lowest BCUT2D eigenvalue weighted by Gasteiger charge is -2.34. The molecule has 0 bridgehead atoms. The number of halogens is 2. The lowest BCUT2D eigenvalue weighted by Crippen LogP contribution is -2.47. The molecule has 1 amide bonds. The van der Waals surface area contributed by atoms with Gasteiger partial charge in [0.15, 0.2) is 0 Å². The van der Waals surface area contributed by atoms with Crippen LogP contribution in [0.5, 0.6) is 0 Å². The van der Waals surface area contributed by atoms with E-state index in [1.54, 1.807) is 6.07 Å². The Bertz CT molecular complexity index is 637. The van der Waals surface area contributed by atoms with Crippen LogP contribution in [0.1, 0.15) is 5.56 Å². The zero-order valence-electron chi connectivity index (χ0n) is 15.2. The summed E-state index contributed by atoms with van der Waals surface area (Å²) in [5.41, 5.74) is 0.640. The summed E-state index contributed by atoms with van der Waals surface area (Å²) in [5.74, 6) is -0.0175. The molecule has 1 aromatic rings. The number of likely N-dealkylation sites (N-methyl/N-ethyl adjacent to an activating group) is 1. The molecule has 2 unspecified atom stereocenters. The van der Waals surface area contributed by atoms with E-state index >= 15 is 0 Å². The van der Waals surface area contributed by atoms with Gasteiger partial charge in [-0.05, 0) is 30.7 Å².